The molecule has 0 saturated carbocycles. The van der Waals surface area contributed by atoms with Crippen LogP contribution in [0.4, 0.5) is 64.1 Å². The first-order valence-corrected chi connectivity index (χ1v) is 7.56. The van der Waals surface area contributed by atoms with E-state index >= 15 is 0 Å². The topological polar surface area (TPSA) is 61.3 Å². The summed E-state index contributed by atoms with van der Waals surface area (Å²) in [6, 6.07) is -1.23. The molecule has 2 aromatic carbocycles. The van der Waals surface area contributed by atoms with Gasteiger partial charge in [-0.3, -0.25) is 0 Å². The fourth-order valence-electron chi connectivity index (χ4n) is 2.41. The molecule has 172 valence electrons. The van der Waals surface area contributed by atoms with Crippen LogP contribution in [0.15, 0.2) is 24.3 Å². The van der Waals surface area contributed by atoms with E-state index in [0.29, 0.717) is 0 Å². The van der Waals surface area contributed by atoms with Crippen LogP contribution in [0, 0.1) is 0 Å². The number of nitrogen functional groups attached to an aromatic ring is 2. The zero-order chi connectivity index (χ0) is 24.2. The Morgan fingerprint density at radius 3 is 0.935 bits per heavy atom. The molecule has 0 fully saturated rings. The highest BCUT2D eigenvalue weighted by atomic mass is 19.4. The van der Waals surface area contributed by atoms with E-state index in [1.54, 1.807) is 0 Å². The Labute approximate surface area is 164 Å². The third-order valence-corrected chi connectivity index (χ3v) is 3.74. The van der Waals surface area contributed by atoms with Gasteiger partial charge in [-0.25, -0.2) is 0 Å². The van der Waals surface area contributed by atoms with Gasteiger partial charge in [-0.05, 0) is 24.3 Å². The van der Waals surface area contributed by atoms with Gasteiger partial charge in [-0.1, -0.05) is 0 Å². The first-order chi connectivity index (χ1) is 13.7. The van der Waals surface area contributed by atoms with Crippen molar-refractivity contribution < 1.29 is 57.4 Å². The summed E-state index contributed by atoms with van der Waals surface area (Å²) in [4.78, 5) is 0. The maximum absolute atomic E-state index is 13.2. The molecule has 15 heteroatoms. The molecule has 0 unspecified atom stereocenters. The number of nitrogens with two attached hydrogens (primary N) is 2. The summed E-state index contributed by atoms with van der Waals surface area (Å²) >= 11 is 0. The SMILES string of the molecule is Nc1cc(C(F)(F)F)c(Oc2cc(C(F)(F)F)c(N)cc2C(F)(F)F)cc1C(F)(F)F. The summed E-state index contributed by atoms with van der Waals surface area (Å²) in [5.74, 6) is -3.70. The van der Waals surface area contributed by atoms with E-state index in [2.05, 4.69) is 4.74 Å². The van der Waals surface area contributed by atoms with Crippen molar-refractivity contribution >= 4 is 11.4 Å². The summed E-state index contributed by atoms with van der Waals surface area (Å²) < 4.78 is 161. The van der Waals surface area contributed by atoms with E-state index < -0.39 is 69.8 Å². The molecular formula is C16H8F12N2O. The van der Waals surface area contributed by atoms with Crippen LogP contribution in [0.5, 0.6) is 11.5 Å². The molecule has 31 heavy (non-hydrogen) atoms. The molecule has 0 saturated heterocycles. The number of rotatable bonds is 2. The quantitative estimate of drug-likeness (QED) is 0.377. The van der Waals surface area contributed by atoms with Crippen molar-refractivity contribution in [1.29, 1.82) is 0 Å². The lowest BCUT2D eigenvalue weighted by Gasteiger charge is -2.21. The van der Waals surface area contributed by atoms with Crippen molar-refractivity contribution in [3.8, 4) is 11.5 Å². The lowest BCUT2D eigenvalue weighted by Crippen LogP contribution is -2.16. The van der Waals surface area contributed by atoms with Crippen LogP contribution in [0.25, 0.3) is 0 Å². The van der Waals surface area contributed by atoms with Crippen molar-refractivity contribution in [1.82, 2.24) is 0 Å². The highest BCUT2D eigenvalue weighted by Gasteiger charge is 2.43. The molecule has 0 atom stereocenters. The standard InChI is InChI=1S/C16H8F12N2O/c17-13(18,19)5-3-11(7(1-9(5)29)15(23,24)25)31-12-4-6(14(20,21)22)10(30)2-8(12)16(26,27)28/h1-4H,29-30H2. The van der Waals surface area contributed by atoms with Gasteiger partial charge in [-0.2, -0.15) is 52.7 Å². The average molecular weight is 472 g/mol. The van der Waals surface area contributed by atoms with Crippen LogP contribution in [0.2, 0.25) is 0 Å². The van der Waals surface area contributed by atoms with Crippen LogP contribution in [-0.4, -0.2) is 0 Å². The highest BCUT2D eigenvalue weighted by molar-refractivity contribution is 5.60. The Hall–Kier alpha value is -3.00. The Balaban J connectivity index is 2.82. The Kier molecular flexibility index (Phi) is 5.72. The number of hydrogen-bond acceptors (Lipinski definition) is 3. The minimum atomic E-state index is -5.48. The van der Waals surface area contributed by atoms with E-state index in [1.807, 2.05) is 0 Å². The molecule has 4 N–H and O–H groups in total. The van der Waals surface area contributed by atoms with Gasteiger partial charge in [0, 0.05) is 11.4 Å². The van der Waals surface area contributed by atoms with Crippen LogP contribution in [-0.2, 0) is 24.7 Å². The Bertz CT molecular complexity index is 907. The van der Waals surface area contributed by atoms with Crippen molar-refractivity contribution in [2.75, 3.05) is 11.5 Å². The van der Waals surface area contributed by atoms with E-state index in [9.17, 15) is 52.7 Å². The Morgan fingerprint density at radius 1 is 0.452 bits per heavy atom. The molecule has 0 amide bonds. The third-order valence-electron chi connectivity index (χ3n) is 3.74. The highest BCUT2D eigenvalue weighted by Crippen LogP contribution is 2.48. The van der Waals surface area contributed by atoms with Gasteiger partial charge in [0.15, 0.2) is 0 Å². The van der Waals surface area contributed by atoms with E-state index in [-0.39, 0.29) is 24.3 Å². The monoisotopic (exact) mass is 472 g/mol. The van der Waals surface area contributed by atoms with Crippen molar-refractivity contribution in [3.63, 3.8) is 0 Å². The van der Waals surface area contributed by atoms with Crippen LogP contribution < -0.4 is 16.2 Å². The molecule has 0 aliphatic carbocycles. The number of alkyl halides is 12. The molecule has 0 bridgehead atoms. The van der Waals surface area contributed by atoms with Gasteiger partial charge in [0.2, 0.25) is 0 Å². The summed E-state index contributed by atoms with van der Waals surface area (Å²) in [6.07, 6.45) is -21.7. The molecule has 3 nitrogen and oxygen atoms in total. The lowest BCUT2D eigenvalue weighted by atomic mass is 10.1. The second-order valence-corrected chi connectivity index (χ2v) is 5.96. The number of halogens is 12. The summed E-state index contributed by atoms with van der Waals surface area (Å²) in [7, 11) is 0. The normalized spacial score (nSPS) is 13.4. The fourth-order valence-corrected chi connectivity index (χ4v) is 2.41. The van der Waals surface area contributed by atoms with Gasteiger partial charge in [0.05, 0.1) is 11.1 Å². The zero-order valence-corrected chi connectivity index (χ0v) is 14.4. The maximum Gasteiger partial charge on any atom is 0.420 e. The largest absolute Gasteiger partial charge is 0.456 e. The second kappa shape index (κ2) is 7.30. The number of benzene rings is 2. The molecule has 0 heterocycles. The van der Waals surface area contributed by atoms with E-state index in [4.69, 9.17) is 11.5 Å². The fraction of sp³-hybridized carbons (Fsp3) is 0.250. The number of ether oxygens (including phenoxy) is 1. The van der Waals surface area contributed by atoms with Gasteiger partial charge >= 0.3 is 24.7 Å². The zero-order valence-electron chi connectivity index (χ0n) is 14.4. The van der Waals surface area contributed by atoms with Crippen LogP contribution >= 0.6 is 0 Å². The molecule has 0 aromatic heterocycles. The van der Waals surface area contributed by atoms with Crippen LogP contribution in [0.1, 0.15) is 22.3 Å². The molecular weight excluding hydrogens is 464 g/mol. The molecule has 0 spiro atoms. The predicted molar refractivity (Wildman–Crippen MR) is 81.8 cm³/mol. The van der Waals surface area contributed by atoms with Crippen molar-refractivity contribution in [2.45, 2.75) is 24.7 Å². The number of anilines is 2. The smallest absolute Gasteiger partial charge is 0.420 e. The summed E-state index contributed by atoms with van der Waals surface area (Å²) in [5, 5.41) is 0. The van der Waals surface area contributed by atoms with Gasteiger partial charge in [0.1, 0.15) is 22.6 Å². The molecule has 2 aromatic rings. The second-order valence-electron chi connectivity index (χ2n) is 5.96. The van der Waals surface area contributed by atoms with Gasteiger partial charge in [-0.15, -0.1) is 0 Å². The van der Waals surface area contributed by atoms with Gasteiger partial charge in [0.25, 0.3) is 0 Å². The summed E-state index contributed by atoms with van der Waals surface area (Å²) in [5.41, 5.74) is -0.879. The maximum atomic E-state index is 13.2. The first kappa shape index (κ1) is 24.3. The predicted octanol–water partition coefficient (Wildman–Crippen LogP) is 6.72. The van der Waals surface area contributed by atoms with Crippen molar-refractivity contribution in [3.05, 3.63) is 46.5 Å². The van der Waals surface area contributed by atoms with E-state index in [0.717, 1.165) is 0 Å². The molecule has 2 rings (SSSR count). The molecule has 0 aliphatic heterocycles. The first-order valence-electron chi connectivity index (χ1n) is 7.56. The molecule has 0 aliphatic rings. The average Bonchev–Trinajstić information content (AvgIpc) is 2.53. The molecule has 0 radical (unpaired) electrons. The van der Waals surface area contributed by atoms with E-state index in [1.165, 1.54) is 0 Å². The Morgan fingerprint density at radius 2 is 0.710 bits per heavy atom. The lowest BCUT2D eigenvalue weighted by molar-refractivity contribution is -0.143. The summed E-state index contributed by atoms with van der Waals surface area (Å²) in [6.45, 7) is 0. The minimum Gasteiger partial charge on any atom is -0.456 e. The van der Waals surface area contributed by atoms with Gasteiger partial charge < -0.3 is 16.2 Å². The van der Waals surface area contributed by atoms with Crippen LogP contribution in [0.3, 0.4) is 0 Å². The minimum absolute atomic E-state index is 0.257. The third kappa shape index (κ3) is 5.19. The number of hydrogen-bond donors (Lipinski definition) is 2. The van der Waals surface area contributed by atoms with Crippen molar-refractivity contribution in [2.24, 2.45) is 0 Å².